The Morgan fingerprint density at radius 1 is 1.47 bits per heavy atom. The zero-order chi connectivity index (χ0) is 12.5. The summed E-state index contributed by atoms with van der Waals surface area (Å²) < 4.78 is 3.24. The van der Waals surface area contributed by atoms with E-state index in [0.717, 1.165) is 29.8 Å². The predicted molar refractivity (Wildman–Crippen MR) is 74.0 cm³/mol. The van der Waals surface area contributed by atoms with Gasteiger partial charge in [-0.15, -0.1) is 0 Å². The van der Waals surface area contributed by atoms with Gasteiger partial charge in [0.15, 0.2) is 0 Å². The summed E-state index contributed by atoms with van der Waals surface area (Å²) in [6.45, 7) is 9.52. The van der Waals surface area contributed by atoms with Crippen molar-refractivity contribution in [2.75, 3.05) is 6.54 Å². The molecule has 0 aliphatic heterocycles. The van der Waals surface area contributed by atoms with Crippen molar-refractivity contribution in [3.05, 3.63) is 15.9 Å². The third kappa shape index (κ3) is 2.74. The Kier molecular flexibility index (Phi) is 3.93. The third-order valence-electron chi connectivity index (χ3n) is 3.86. The molecule has 3 nitrogen and oxygen atoms in total. The molecule has 0 radical (unpaired) electrons. The Balaban J connectivity index is 1.94. The highest BCUT2D eigenvalue weighted by atomic mass is 79.9. The SMILES string of the molecule is CCn1nc(C)c(Br)c1CNCC1(C)CCC1. The highest BCUT2D eigenvalue weighted by Crippen LogP contribution is 2.39. The third-order valence-corrected chi connectivity index (χ3v) is 4.89. The molecule has 17 heavy (non-hydrogen) atoms. The number of aromatic nitrogens is 2. The minimum absolute atomic E-state index is 0.540. The largest absolute Gasteiger partial charge is 0.311 e. The van der Waals surface area contributed by atoms with E-state index >= 15 is 0 Å². The smallest absolute Gasteiger partial charge is 0.0739 e. The van der Waals surface area contributed by atoms with E-state index in [1.807, 2.05) is 6.92 Å². The monoisotopic (exact) mass is 299 g/mol. The fourth-order valence-electron chi connectivity index (χ4n) is 2.48. The van der Waals surface area contributed by atoms with E-state index in [0.29, 0.717) is 5.41 Å². The maximum absolute atomic E-state index is 4.51. The van der Waals surface area contributed by atoms with Gasteiger partial charge >= 0.3 is 0 Å². The van der Waals surface area contributed by atoms with Gasteiger partial charge in [-0.3, -0.25) is 4.68 Å². The lowest BCUT2D eigenvalue weighted by Gasteiger charge is -2.38. The summed E-state index contributed by atoms with van der Waals surface area (Å²) in [6.07, 6.45) is 4.13. The first-order valence-corrected chi connectivity index (χ1v) is 7.27. The van der Waals surface area contributed by atoms with E-state index in [2.05, 4.69) is 44.9 Å². The molecule has 1 N–H and O–H groups in total. The van der Waals surface area contributed by atoms with Gasteiger partial charge in [-0.25, -0.2) is 0 Å². The van der Waals surface area contributed by atoms with E-state index in [9.17, 15) is 0 Å². The molecule has 0 bridgehead atoms. The Hall–Kier alpha value is -0.350. The average molecular weight is 300 g/mol. The molecule has 0 aromatic carbocycles. The van der Waals surface area contributed by atoms with Crippen LogP contribution in [0, 0.1) is 12.3 Å². The van der Waals surface area contributed by atoms with Gasteiger partial charge in [-0.2, -0.15) is 5.10 Å². The fourth-order valence-corrected chi connectivity index (χ4v) is 2.90. The van der Waals surface area contributed by atoms with Crippen LogP contribution in [0.5, 0.6) is 0 Å². The van der Waals surface area contributed by atoms with Gasteiger partial charge in [0.25, 0.3) is 0 Å². The van der Waals surface area contributed by atoms with Crippen molar-refractivity contribution >= 4 is 15.9 Å². The minimum Gasteiger partial charge on any atom is -0.311 e. The van der Waals surface area contributed by atoms with Crippen LogP contribution in [0.4, 0.5) is 0 Å². The van der Waals surface area contributed by atoms with E-state index in [1.165, 1.54) is 25.0 Å². The number of hydrogen-bond donors (Lipinski definition) is 1. The normalized spacial score (nSPS) is 18.1. The van der Waals surface area contributed by atoms with Crippen LogP contribution in [0.25, 0.3) is 0 Å². The first kappa shape index (κ1) is 13.1. The Labute approximate surface area is 112 Å². The molecule has 96 valence electrons. The minimum atomic E-state index is 0.540. The van der Waals surface area contributed by atoms with Crippen molar-refractivity contribution in [2.24, 2.45) is 5.41 Å². The van der Waals surface area contributed by atoms with Gasteiger partial charge in [0.1, 0.15) is 0 Å². The van der Waals surface area contributed by atoms with Crippen LogP contribution in [0.2, 0.25) is 0 Å². The maximum Gasteiger partial charge on any atom is 0.0739 e. The molecule has 0 spiro atoms. The van der Waals surface area contributed by atoms with Crippen molar-refractivity contribution in [3.63, 3.8) is 0 Å². The second kappa shape index (κ2) is 5.11. The summed E-state index contributed by atoms with van der Waals surface area (Å²) in [5.74, 6) is 0. The molecule has 1 fully saturated rings. The fraction of sp³-hybridized carbons (Fsp3) is 0.769. The van der Waals surface area contributed by atoms with Gasteiger partial charge in [0.2, 0.25) is 0 Å². The summed E-state index contributed by atoms with van der Waals surface area (Å²) >= 11 is 3.63. The molecule has 1 aromatic rings. The van der Waals surface area contributed by atoms with Crippen LogP contribution in [-0.2, 0) is 13.1 Å². The van der Waals surface area contributed by atoms with Crippen LogP contribution in [0.1, 0.15) is 44.5 Å². The highest BCUT2D eigenvalue weighted by Gasteiger charge is 2.31. The standard InChI is InChI=1S/C13H22BrN3/c1-4-17-11(12(14)10(2)16-17)8-15-9-13(3)6-5-7-13/h15H,4-9H2,1-3H3. The number of nitrogens with one attached hydrogen (secondary N) is 1. The molecule has 1 aliphatic rings. The van der Waals surface area contributed by atoms with E-state index in [-0.39, 0.29) is 0 Å². The van der Waals surface area contributed by atoms with Crippen LogP contribution in [0.15, 0.2) is 4.47 Å². The molecule has 2 rings (SSSR count). The van der Waals surface area contributed by atoms with Crippen LogP contribution < -0.4 is 5.32 Å². The van der Waals surface area contributed by atoms with Crippen molar-refractivity contribution < 1.29 is 0 Å². The molecule has 0 saturated heterocycles. The van der Waals surface area contributed by atoms with E-state index in [4.69, 9.17) is 0 Å². The lowest BCUT2D eigenvalue weighted by molar-refractivity contribution is 0.156. The van der Waals surface area contributed by atoms with Crippen molar-refractivity contribution in [1.29, 1.82) is 0 Å². The van der Waals surface area contributed by atoms with Crippen LogP contribution >= 0.6 is 15.9 Å². The lowest BCUT2D eigenvalue weighted by atomic mass is 9.70. The molecule has 1 saturated carbocycles. The van der Waals surface area contributed by atoms with E-state index < -0.39 is 0 Å². The molecule has 1 aliphatic carbocycles. The molecule has 0 atom stereocenters. The second-order valence-electron chi connectivity index (χ2n) is 5.43. The molecule has 1 aromatic heterocycles. The Bertz CT molecular complexity index is 394. The molecule has 0 amide bonds. The van der Waals surface area contributed by atoms with Crippen LogP contribution in [-0.4, -0.2) is 16.3 Å². The molecule has 1 heterocycles. The van der Waals surface area contributed by atoms with Gasteiger partial charge in [-0.05, 0) is 48.0 Å². The molecule has 4 heteroatoms. The van der Waals surface area contributed by atoms with Gasteiger partial charge in [0.05, 0.1) is 15.9 Å². The Morgan fingerprint density at radius 2 is 2.18 bits per heavy atom. The summed E-state index contributed by atoms with van der Waals surface area (Å²) in [6, 6.07) is 0. The topological polar surface area (TPSA) is 29.9 Å². The zero-order valence-electron chi connectivity index (χ0n) is 11.0. The van der Waals surface area contributed by atoms with Crippen molar-refractivity contribution in [3.8, 4) is 0 Å². The predicted octanol–water partition coefficient (Wildman–Crippen LogP) is 3.25. The first-order chi connectivity index (χ1) is 8.06. The molecular weight excluding hydrogens is 278 g/mol. The highest BCUT2D eigenvalue weighted by molar-refractivity contribution is 9.10. The second-order valence-corrected chi connectivity index (χ2v) is 6.22. The average Bonchev–Trinajstić information content (AvgIpc) is 2.54. The number of halogens is 1. The summed E-state index contributed by atoms with van der Waals surface area (Å²) in [5, 5.41) is 8.09. The van der Waals surface area contributed by atoms with Gasteiger partial charge in [-0.1, -0.05) is 13.3 Å². The summed E-state index contributed by atoms with van der Waals surface area (Å²) in [4.78, 5) is 0. The number of hydrogen-bond acceptors (Lipinski definition) is 2. The Morgan fingerprint density at radius 3 is 2.71 bits per heavy atom. The van der Waals surface area contributed by atoms with Crippen LogP contribution in [0.3, 0.4) is 0 Å². The van der Waals surface area contributed by atoms with Crippen molar-refractivity contribution in [2.45, 2.75) is 53.1 Å². The summed E-state index contributed by atoms with van der Waals surface area (Å²) in [7, 11) is 0. The first-order valence-electron chi connectivity index (χ1n) is 6.48. The number of nitrogens with zero attached hydrogens (tertiary/aromatic N) is 2. The number of rotatable bonds is 5. The molecule has 0 unspecified atom stereocenters. The van der Waals surface area contributed by atoms with Gasteiger partial charge in [0, 0.05) is 19.6 Å². The lowest BCUT2D eigenvalue weighted by Crippen LogP contribution is -2.37. The molecular formula is C13H22BrN3. The van der Waals surface area contributed by atoms with Gasteiger partial charge < -0.3 is 5.32 Å². The summed E-state index contributed by atoms with van der Waals surface area (Å²) in [5.41, 5.74) is 2.89. The maximum atomic E-state index is 4.51. The zero-order valence-corrected chi connectivity index (χ0v) is 12.6. The quantitative estimate of drug-likeness (QED) is 0.904. The number of aryl methyl sites for hydroxylation is 2. The van der Waals surface area contributed by atoms with Crippen molar-refractivity contribution in [1.82, 2.24) is 15.1 Å². The van der Waals surface area contributed by atoms with E-state index in [1.54, 1.807) is 0 Å².